The van der Waals surface area contributed by atoms with Gasteiger partial charge >= 0.3 is 0 Å². The SMILES string of the molecule is C#CCN(C(=O)Cc1ccc(OC)c(OC)c1)C1CCCC1. The van der Waals surface area contributed by atoms with Gasteiger partial charge in [-0.25, -0.2) is 0 Å². The number of rotatable bonds is 6. The average Bonchev–Trinajstić information content (AvgIpc) is 3.06. The molecule has 0 saturated heterocycles. The van der Waals surface area contributed by atoms with Gasteiger partial charge in [0, 0.05) is 6.04 Å². The molecule has 118 valence electrons. The van der Waals surface area contributed by atoms with Gasteiger partial charge in [-0.15, -0.1) is 6.42 Å². The second kappa shape index (κ2) is 7.74. The number of hydrogen-bond acceptors (Lipinski definition) is 3. The van der Waals surface area contributed by atoms with Gasteiger partial charge < -0.3 is 14.4 Å². The number of hydrogen-bond donors (Lipinski definition) is 0. The van der Waals surface area contributed by atoms with Crippen LogP contribution in [0.15, 0.2) is 18.2 Å². The Kier molecular flexibility index (Phi) is 5.71. The summed E-state index contributed by atoms with van der Waals surface area (Å²) in [5, 5.41) is 0. The van der Waals surface area contributed by atoms with Crippen LogP contribution in [0.2, 0.25) is 0 Å². The highest BCUT2D eigenvalue weighted by Gasteiger charge is 2.26. The van der Waals surface area contributed by atoms with E-state index in [1.165, 1.54) is 12.8 Å². The summed E-state index contributed by atoms with van der Waals surface area (Å²) in [6.45, 7) is 0.386. The number of nitrogens with zero attached hydrogens (tertiary/aromatic N) is 1. The minimum atomic E-state index is 0.0806. The van der Waals surface area contributed by atoms with Crippen LogP contribution in [0.5, 0.6) is 11.5 Å². The van der Waals surface area contributed by atoms with Crippen molar-refractivity contribution in [2.75, 3.05) is 20.8 Å². The van der Waals surface area contributed by atoms with Crippen LogP contribution < -0.4 is 9.47 Å². The molecule has 1 amide bonds. The summed E-state index contributed by atoms with van der Waals surface area (Å²) in [6, 6.07) is 5.85. The molecule has 0 aliphatic heterocycles. The summed E-state index contributed by atoms with van der Waals surface area (Å²) in [7, 11) is 3.18. The lowest BCUT2D eigenvalue weighted by atomic mass is 10.1. The fourth-order valence-electron chi connectivity index (χ4n) is 3.00. The average molecular weight is 301 g/mol. The molecule has 1 aliphatic rings. The van der Waals surface area contributed by atoms with Gasteiger partial charge in [0.15, 0.2) is 11.5 Å². The molecule has 1 aliphatic carbocycles. The van der Waals surface area contributed by atoms with E-state index >= 15 is 0 Å². The fourth-order valence-corrected chi connectivity index (χ4v) is 3.00. The first-order valence-electron chi connectivity index (χ1n) is 7.63. The Morgan fingerprint density at radius 1 is 1.27 bits per heavy atom. The minimum Gasteiger partial charge on any atom is -0.493 e. The molecular weight excluding hydrogens is 278 g/mol. The zero-order chi connectivity index (χ0) is 15.9. The van der Waals surface area contributed by atoms with E-state index in [1.807, 2.05) is 23.1 Å². The van der Waals surface area contributed by atoms with Crippen molar-refractivity contribution in [3.63, 3.8) is 0 Å². The molecule has 1 aromatic rings. The number of terminal acetylenes is 1. The minimum absolute atomic E-state index is 0.0806. The van der Waals surface area contributed by atoms with E-state index in [9.17, 15) is 4.79 Å². The Bertz CT molecular complexity index is 556. The summed E-state index contributed by atoms with van der Waals surface area (Å²) in [4.78, 5) is 14.5. The normalized spacial score (nSPS) is 14.4. The zero-order valence-corrected chi connectivity index (χ0v) is 13.3. The zero-order valence-electron chi connectivity index (χ0n) is 13.3. The van der Waals surface area contributed by atoms with Crippen molar-refractivity contribution in [3.8, 4) is 23.8 Å². The Morgan fingerprint density at radius 3 is 2.55 bits per heavy atom. The Labute approximate surface area is 132 Å². The van der Waals surface area contributed by atoms with E-state index in [1.54, 1.807) is 14.2 Å². The molecule has 22 heavy (non-hydrogen) atoms. The van der Waals surface area contributed by atoms with Crippen molar-refractivity contribution >= 4 is 5.91 Å². The van der Waals surface area contributed by atoms with Gasteiger partial charge in [-0.05, 0) is 30.5 Å². The van der Waals surface area contributed by atoms with E-state index in [2.05, 4.69) is 5.92 Å². The standard InChI is InChI=1S/C18H23NO3/c1-4-11-19(15-7-5-6-8-15)18(20)13-14-9-10-16(21-2)17(12-14)22-3/h1,9-10,12,15H,5-8,11,13H2,2-3H3. The third kappa shape index (κ3) is 3.73. The van der Waals surface area contributed by atoms with Gasteiger partial charge in [-0.2, -0.15) is 0 Å². The van der Waals surface area contributed by atoms with Gasteiger partial charge in [-0.1, -0.05) is 24.8 Å². The first kappa shape index (κ1) is 16.2. The van der Waals surface area contributed by atoms with Gasteiger partial charge in [0.25, 0.3) is 0 Å². The third-order valence-electron chi connectivity index (χ3n) is 4.15. The molecule has 0 bridgehead atoms. The van der Waals surface area contributed by atoms with Crippen LogP contribution >= 0.6 is 0 Å². The van der Waals surface area contributed by atoms with Gasteiger partial charge in [0.05, 0.1) is 27.2 Å². The number of benzene rings is 1. The number of methoxy groups -OCH3 is 2. The van der Waals surface area contributed by atoms with E-state index in [4.69, 9.17) is 15.9 Å². The van der Waals surface area contributed by atoms with E-state index < -0.39 is 0 Å². The molecule has 0 heterocycles. The third-order valence-corrected chi connectivity index (χ3v) is 4.15. The monoisotopic (exact) mass is 301 g/mol. The molecule has 0 unspecified atom stereocenters. The smallest absolute Gasteiger partial charge is 0.228 e. The first-order chi connectivity index (χ1) is 10.7. The maximum absolute atomic E-state index is 12.6. The van der Waals surface area contributed by atoms with Crippen LogP contribution in [0.1, 0.15) is 31.2 Å². The molecule has 4 heteroatoms. The van der Waals surface area contributed by atoms with Crippen LogP contribution in [0.4, 0.5) is 0 Å². The van der Waals surface area contributed by atoms with Crippen molar-refractivity contribution in [1.82, 2.24) is 4.90 Å². The van der Waals surface area contributed by atoms with Crippen LogP contribution in [0.25, 0.3) is 0 Å². The van der Waals surface area contributed by atoms with Gasteiger partial charge in [-0.3, -0.25) is 4.79 Å². The molecule has 1 fully saturated rings. The highest BCUT2D eigenvalue weighted by Crippen LogP contribution is 2.28. The van der Waals surface area contributed by atoms with Crippen LogP contribution in [-0.2, 0) is 11.2 Å². The predicted octanol–water partition coefficient (Wildman–Crippen LogP) is 2.65. The summed E-state index contributed by atoms with van der Waals surface area (Å²) >= 11 is 0. The Hall–Kier alpha value is -2.15. The fraction of sp³-hybridized carbons (Fsp3) is 0.500. The molecule has 0 aromatic heterocycles. The Balaban J connectivity index is 2.10. The van der Waals surface area contributed by atoms with Gasteiger partial charge in [0.1, 0.15) is 0 Å². The maximum atomic E-state index is 12.6. The number of carbonyl (C=O) groups excluding carboxylic acids is 1. The second-order valence-electron chi connectivity index (χ2n) is 5.53. The lowest BCUT2D eigenvalue weighted by Crippen LogP contribution is -2.40. The largest absolute Gasteiger partial charge is 0.493 e. The number of carbonyl (C=O) groups is 1. The Morgan fingerprint density at radius 2 is 1.95 bits per heavy atom. The summed E-state index contributed by atoms with van der Waals surface area (Å²) < 4.78 is 10.5. The van der Waals surface area contributed by atoms with E-state index in [0.717, 1.165) is 18.4 Å². The second-order valence-corrected chi connectivity index (χ2v) is 5.53. The molecule has 0 radical (unpaired) electrons. The van der Waals surface area contributed by atoms with E-state index in [0.29, 0.717) is 30.5 Å². The van der Waals surface area contributed by atoms with Crippen molar-refractivity contribution < 1.29 is 14.3 Å². The molecule has 0 N–H and O–H groups in total. The van der Waals surface area contributed by atoms with Crippen LogP contribution in [-0.4, -0.2) is 37.6 Å². The summed E-state index contributed by atoms with van der Waals surface area (Å²) in [5.74, 6) is 3.99. The molecule has 1 saturated carbocycles. The predicted molar refractivity (Wildman–Crippen MR) is 86.1 cm³/mol. The summed E-state index contributed by atoms with van der Waals surface area (Å²) in [6.07, 6.45) is 10.2. The highest BCUT2D eigenvalue weighted by atomic mass is 16.5. The highest BCUT2D eigenvalue weighted by molar-refractivity contribution is 5.79. The lowest BCUT2D eigenvalue weighted by molar-refractivity contribution is -0.131. The molecule has 1 aromatic carbocycles. The van der Waals surface area contributed by atoms with Crippen LogP contribution in [0, 0.1) is 12.3 Å². The van der Waals surface area contributed by atoms with Gasteiger partial charge in [0.2, 0.25) is 5.91 Å². The van der Waals surface area contributed by atoms with Crippen molar-refractivity contribution in [2.24, 2.45) is 0 Å². The topological polar surface area (TPSA) is 38.8 Å². The molecule has 4 nitrogen and oxygen atoms in total. The molecule has 0 spiro atoms. The van der Waals surface area contributed by atoms with Crippen LogP contribution in [0.3, 0.4) is 0 Å². The van der Waals surface area contributed by atoms with E-state index in [-0.39, 0.29) is 5.91 Å². The summed E-state index contributed by atoms with van der Waals surface area (Å²) in [5.41, 5.74) is 0.905. The number of amides is 1. The molecule has 0 atom stereocenters. The van der Waals surface area contributed by atoms with Crippen molar-refractivity contribution in [2.45, 2.75) is 38.1 Å². The van der Waals surface area contributed by atoms with Crippen molar-refractivity contribution in [1.29, 1.82) is 0 Å². The molecule has 2 rings (SSSR count). The lowest BCUT2D eigenvalue weighted by Gasteiger charge is -2.27. The quantitative estimate of drug-likeness (QED) is 0.758. The first-order valence-corrected chi connectivity index (χ1v) is 7.63. The van der Waals surface area contributed by atoms with Crippen molar-refractivity contribution in [3.05, 3.63) is 23.8 Å². The maximum Gasteiger partial charge on any atom is 0.228 e. The molecular formula is C18H23NO3. The number of ether oxygens (including phenoxy) is 2.